The van der Waals surface area contributed by atoms with Gasteiger partial charge in [-0.2, -0.15) is 0 Å². The predicted molar refractivity (Wildman–Crippen MR) is 94.2 cm³/mol. The number of anilines is 1. The molecule has 1 aromatic carbocycles. The zero-order chi connectivity index (χ0) is 16.9. The van der Waals surface area contributed by atoms with Crippen molar-refractivity contribution in [1.29, 1.82) is 0 Å². The summed E-state index contributed by atoms with van der Waals surface area (Å²) in [7, 11) is 1.74. The molecule has 5 nitrogen and oxygen atoms in total. The van der Waals surface area contributed by atoms with E-state index in [2.05, 4.69) is 21.2 Å². The van der Waals surface area contributed by atoms with E-state index in [1.165, 1.54) is 0 Å². The van der Waals surface area contributed by atoms with Crippen LogP contribution in [-0.2, 0) is 4.74 Å². The Morgan fingerprint density at radius 3 is 2.52 bits per heavy atom. The number of rotatable bonds is 5. The highest BCUT2D eigenvalue weighted by Gasteiger charge is 2.19. The third-order valence-electron chi connectivity index (χ3n) is 3.95. The summed E-state index contributed by atoms with van der Waals surface area (Å²) >= 11 is 0. The molecule has 1 aliphatic heterocycles. The molecule has 1 amide bonds. The summed E-state index contributed by atoms with van der Waals surface area (Å²) in [6.07, 6.45) is 0. The largest absolute Gasteiger partial charge is 0.383 e. The van der Waals surface area contributed by atoms with Crippen LogP contribution in [0, 0.1) is 0 Å². The fraction of sp³-hybridized carbons (Fsp3) is 0.611. The van der Waals surface area contributed by atoms with Gasteiger partial charge in [0.2, 0.25) is 0 Å². The molecule has 0 spiro atoms. The van der Waals surface area contributed by atoms with Crippen LogP contribution in [0.15, 0.2) is 24.3 Å². The molecule has 1 N–H and O–H groups in total. The lowest BCUT2D eigenvalue weighted by Crippen LogP contribution is -2.47. The minimum absolute atomic E-state index is 0.0157. The van der Waals surface area contributed by atoms with E-state index in [-0.39, 0.29) is 11.4 Å². The van der Waals surface area contributed by atoms with Gasteiger partial charge < -0.3 is 15.0 Å². The van der Waals surface area contributed by atoms with E-state index in [0.717, 1.165) is 50.6 Å². The second kappa shape index (κ2) is 7.79. The molecular formula is C18H29N3O2. The van der Waals surface area contributed by atoms with Crippen LogP contribution in [0.5, 0.6) is 0 Å². The first-order valence-electron chi connectivity index (χ1n) is 8.28. The third kappa shape index (κ3) is 5.52. The Morgan fingerprint density at radius 2 is 1.91 bits per heavy atom. The number of ether oxygens (including phenoxy) is 1. The van der Waals surface area contributed by atoms with Crippen molar-refractivity contribution >= 4 is 11.6 Å². The summed E-state index contributed by atoms with van der Waals surface area (Å²) in [5.74, 6) is -0.0157. The van der Waals surface area contributed by atoms with Crippen molar-refractivity contribution in [3.05, 3.63) is 29.8 Å². The average Bonchev–Trinajstić information content (AvgIpc) is 2.52. The lowest BCUT2D eigenvalue weighted by Gasteiger charge is -2.36. The fourth-order valence-electron chi connectivity index (χ4n) is 2.71. The molecule has 0 bridgehead atoms. The Bertz CT molecular complexity index is 517. The molecule has 2 rings (SSSR count). The van der Waals surface area contributed by atoms with Crippen molar-refractivity contribution in [3.8, 4) is 0 Å². The van der Waals surface area contributed by atoms with Crippen molar-refractivity contribution in [2.75, 3.05) is 51.3 Å². The lowest BCUT2D eigenvalue weighted by atomic mass is 10.1. The third-order valence-corrected chi connectivity index (χ3v) is 3.95. The Morgan fingerprint density at radius 1 is 1.22 bits per heavy atom. The minimum Gasteiger partial charge on any atom is -0.383 e. The van der Waals surface area contributed by atoms with E-state index in [9.17, 15) is 4.79 Å². The van der Waals surface area contributed by atoms with Crippen molar-refractivity contribution in [2.45, 2.75) is 26.3 Å². The van der Waals surface area contributed by atoms with Crippen molar-refractivity contribution < 1.29 is 9.53 Å². The highest BCUT2D eigenvalue weighted by Crippen LogP contribution is 2.18. The van der Waals surface area contributed by atoms with Crippen LogP contribution in [0.25, 0.3) is 0 Å². The molecule has 0 radical (unpaired) electrons. The maximum Gasteiger partial charge on any atom is 0.251 e. The Hall–Kier alpha value is -1.59. The van der Waals surface area contributed by atoms with E-state index in [0.29, 0.717) is 0 Å². The molecule has 128 valence electrons. The summed E-state index contributed by atoms with van der Waals surface area (Å²) in [6.45, 7) is 11.8. The van der Waals surface area contributed by atoms with Crippen LogP contribution < -0.4 is 10.2 Å². The summed E-state index contributed by atoms with van der Waals surface area (Å²) in [5.41, 5.74) is 1.62. The molecule has 23 heavy (non-hydrogen) atoms. The van der Waals surface area contributed by atoms with E-state index in [1.54, 1.807) is 7.11 Å². The summed E-state index contributed by atoms with van der Waals surface area (Å²) in [5, 5.41) is 3.02. The number of piperazine rings is 1. The highest BCUT2D eigenvalue weighted by molar-refractivity contribution is 5.95. The molecule has 0 aromatic heterocycles. The van der Waals surface area contributed by atoms with Gasteiger partial charge in [0, 0.05) is 56.6 Å². The van der Waals surface area contributed by atoms with Gasteiger partial charge in [0.25, 0.3) is 5.91 Å². The van der Waals surface area contributed by atoms with E-state index in [1.807, 2.05) is 39.0 Å². The Kier molecular flexibility index (Phi) is 6.02. The van der Waals surface area contributed by atoms with Gasteiger partial charge in [-0.1, -0.05) is 6.07 Å². The molecule has 1 fully saturated rings. The number of hydrogen-bond donors (Lipinski definition) is 1. The molecule has 0 saturated carbocycles. The standard InChI is InChI=1S/C18H29N3O2/c1-18(2,3)19-17(22)15-6-5-7-16(14-15)21-10-8-20(9-11-21)12-13-23-4/h5-7,14H,8-13H2,1-4H3,(H,19,22). The zero-order valence-electron chi connectivity index (χ0n) is 14.8. The average molecular weight is 319 g/mol. The van der Waals surface area contributed by atoms with Crippen molar-refractivity contribution in [3.63, 3.8) is 0 Å². The quantitative estimate of drug-likeness (QED) is 0.901. The van der Waals surface area contributed by atoms with Gasteiger partial charge in [0.05, 0.1) is 6.61 Å². The SMILES string of the molecule is COCCN1CCN(c2cccc(C(=O)NC(C)(C)C)c2)CC1. The molecule has 5 heteroatoms. The van der Waals surface area contributed by atoms with Crippen LogP contribution in [0.1, 0.15) is 31.1 Å². The van der Waals surface area contributed by atoms with Crippen LogP contribution in [-0.4, -0.2) is 62.8 Å². The van der Waals surface area contributed by atoms with Gasteiger partial charge in [-0.25, -0.2) is 0 Å². The molecular weight excluding hydrogens is 290 g/mol. The van der Waals surface area contributed by atoms with Crippen LogP contribution in [0.3, 0.4) is 0 Å². The van der Waals surface area contributed by atoms with E-state index < -0.39 is 0 Å². The number of nitrogens with one attached hydrogen (secondary N) is 1. The van der Waals surface area contributed by atoms with Crippen LogP contribution in [0.2, 0.25) is 0 Å². The minimum atomic E-state index is -0.222. The van der Waals surface area contributed by atoms with Gasteiger partial charge in [-0.05, 0) is 39.0 Å². The molecule has 0 atom stereocenters. The summed E-state index contributed by atoms with van der Waals surface area (Å²) in [6, 6.07) is 7.91. The molecule has 1 heterocycles. The van der Waals surface area contributed by atoms with Gasteiger partial charge >= 0.3 is 0 Å². The van der Waals surface area contributed by atoms with Gasteiger partial charge in [-0.3, -0.25) is 9.69 Å². The molecule has 1 aliphatic rings. The van der Waals surface area contributed by atoms with Crippen molar-refractivity contribution in [1.82, 2.24) is 10.2 Å². The number of benzene rings is 1. The van der Waals surface area contributed by atoms with E-state index in [4.69, 9.17) is 4.74 Å². The van der Waals surface area contributed by atoms with Gasteiger partial charge in [-0.15, -0.1) is 0 Å². The zero-order valence-corrected chi connectivity index (χ0v) is 14.8. The number of carbonyl (C=O) groups excluding carboxylic acids is 1. The maximum absolute atomic E-state index is 12.3. The second-order valence-corrected chi connectivity index (χ2v) is 7.08. The number of methoxy groups -OCH3 is 1. The first-order valence-corrected chi connectivity index (χ1v) is 8.28. The maximum atomic E-state index is 12.3. The van der Waals surface area contributed by atoms with Crippen LogP contribution in [0.4, 0.5) is 5.69 Å². The molecule has 0 unspecified atom stereocenters. The van der Waals surface area contributed by atoms with Gasteiger partial charge in [0.15, 0.2) is 0 Å². The normalized spacial score (nSPS) is 16.4. The molecule has 1 saturated heterocycles. The second-order valence-electron chi connectivity index (χ2n) is 7.08. The van der Waals surface area contributed by atoms with Gasteiger partial charge in [0.1, 0.15) is 0 Å². The Labute approximate surface area is 139 Å². The highest BCUT2D eigenvalue weighted by atomic mass is 16.5. The van der Waals surface area contributed by atoms with Crippen LogP contribution >= 0.6 is 0 Å². The number of nitrogens with zero attached hydrogens (tertiary/aromatic N) is 2. The number of amides is 1. The molecule has 0 aliphatic carbocycles. The monoisotopic (exact) mass is 319 g/mol. The summed E-state index contributed by atoms with van der Waals surface area (Å²) in [4.78, 5) is 17.1. The Balaban J connectivity index is 1.97. The topological polar surface area (TPSA) is 44.8 Å². The summed E-state index contributed by atoms with van der Waals surface area (Å²) < 4.78 is 5.14. The number of hydrogen-bond acceptors (Lipinski definition) is 4. The lowest BCUT2D eigenvalue weighted by molar-refractivity contribution is 0.0919. The van der Waals surface area contributed by atoms with E-state index >= 15 is 0 Å². The smallest absolute Gasteiger partial charge is 0.251 e. The number of carbonyl (C=O) groups is 1. The molecule has 1 aromatic rings. The van der Waals surface area contributed by atoms with Crippen molar-refractivity contribution in [2.24, 2.45) is 0 Å². The fourth-order valence-corrected chi connectivity index (χ4v) is 2.71. The first-order chi connectivity index (χ1) is 10.9. The first kappa shape index (κ1) is 17.8. The predicted octanol–water partition coefficient (Wildman–Crippen LogP) is 1.98.